The highest BCUT2D eigenvalue weighted by Gasteiger charge is 2.16. The van der Waals surface area contributed by atoms with Crippen LogP contribution in [0.2, 0.25) is 0 Å². The predicted octanol–water partition coefficient (Wildman–Crippen LogP) is 3.17. The van der Waals surface area contributed by atoms with Crippen LogP contribution >= 0.6 is 11.6 Å². The van der Waals surface area contributed by atoms with Gasteiger partial charge in [0.2, 0.25) is 0 Å². The van der Waals surface area contributed by atoms with Crippen LogP contribution in [0.15, 0.2) is 18.3 Å². The summed E-state index contributed by atoms with van der Waals surface area (Å²) in [6, 6.07) is 3.48. The van der Waals surface area contributed by atoms with E-state index in [-0.39, 0.29) is 0 Å². The first kappa shape index (κ1) is 12.8. The number of carbonyl (C=O) groups is 1. The molecule has 1 aromatic rings. The molecule has 88 valence electrons. The number of nitrogens with one attached hydrogen (secondary N) is 1. The molecule has 1 aromatic heterocycles. The van der Waals surface area contributed by atoms with Gasteiger partial charge >= 0.3 is 6.09 Å². The average Bonchev–Trinajstić information content (AvgIpc) is 2.16. The fraction of sp³-hybridized carbons (Fsp3) is 0.455. The fourth-order valence-corrected chi connectivity index (χ4v) is 1.14. The van der Waals surface area contributed by atoms with Gasteiger partial charge in [0, 0.05) is 12.1 Å². The Morgan fingerprint density at radius 3 is 2.62 bits per heavy atom. The van der Waals surface area contributed by atoms with Gasteiger partial charge in [-0.1, -0.05) is 6.07 Å². The van der Waals surface area contributed by atoms with Crippen LogP contribution in [-0.4, -0.2) is 16.7 Å². The molecule has 1 rings (SSSR count). The molecule has 0 saturated heterocycles. The number of rotatable bonds is 2. The molecule has 0 aliphatic rings. The summed E-state index contributed by atoms with van der Waals surface area (Å²) in [6.45, 7) is 5.41. The van der Waals surface area contributed by atoms with E-state index in [2.05, 4.69) is 10.3 Å². The third kappa shape index (κ3) is 4.49. The van der Waals surface area contributed by atoms with E-state index in [0.29, 0.717) is 11.7 Å². The third-order valence-electron chi connectivity index (χ3n) is 1.61. The van der Waals surface area contributed by atoms with Crippen molar-refractivity contribution >= 4 is 23.5 Å². The molecule has 0 fully saturated rings. The molecule has 0 aliphatic carbocycles. The molecule has 0 aliphatic heterocycles. The lowest BCUT2D eigenvalue weighted by Gasteiger charge is -2.19. The first-order valence-electron chi connectivity index (χ1n) is 4.91. The lowest BCUT2D eigenvalue weighted by atomic mass is 10.2. The summed E-state index contributed by atoms with van der Waals surface area (Å²) in [5.74, 6) is 0.850. The monoisotopic (exact) mass is 242 g/mol. The summed E-state index contributed by atoms with van der Waals surface area (Å²) in [5, 5.41) is 2.53. The number of alkyl halides is 1. The van der Waals surface area contributed by atoms with Gasteiger partial charge < -0.3 is 4.74 Å². The van der Waals surface area contributed by atoms with Crippen LogP contribution in [0.5, 0.6) is 0 Å². The highest BCUT2D eigenvalue weighted by atomic mass is 35.5. The van der Waals surface area contributed by atoms with E-state index in [4.69, 9.17) is 16.3 Å². The Labute approximate surface area is 100.0 Å². The van der Waals surface area contributed by atoms with E-state index in [1.165, 1.54) is 0 Å². The van der Waals surface area contributed by atoms with Crippen molar-refractivity contribution in [2.24, 2.45) is 0 Å². The molecule has 5 heteroatoms. The quantitative estimate of drug-likeness (QED) is 0.811. The molecule has 0 radical (unpaired) electrons. The Hall–Kier alpha value is -1.29. The van der Waals surface area contributed by atoms with Crippen molar-refractivity contribution < 1.29 is 9.53 Å². The molecule has 1 heterocycles. The molecule has 0 saturated carbocycles. The number of anilines is 1. The van der Waals surface area contributed by atoms with Gasteiger partial charge in [0.25, 0.3) is 0 Å². The normalized spacial score (nSPS) is 11.0. The molecule has 0 aromatic carbocycles. The maximum Gasteiger partial charge on any atom is 0.413 e. The van der Waals surface area contributed by atoms with E-state index in [1.54, 1.807) is 39.1 Å². The van der Waals surface area contributed by atoms with Crippen molar-refractivity contribution in [3.8, 4) is 0 Å². The molecule has 1 amide bonds. The number of halogens is 1. The molecule has 16 heavy (non-hydrogen) atoms. The van der Waals surface area contributed by atoms with Crippen molar-refractivity contribution in [3.05, 3.63) is 23.9 Å². The van der Waals surface area contributed by atoms with Gasteiger partial charge in [0.05, 0.1) is 0 Å². The van der Waals surface area contributed by atoms with E-state index in [9.17, 15) is 4.79 Å². The minimum atomic E-state index is -0.515. The minimum Gasteiger partial charge on any atom is -0.444 e. The van der Waals surface area contributed by atoms with Crippen LogP contribution in [0, 0.1) is 0 Å². The van der Waals surface area contributed by atoms with Crippen molar-refractivity contribution in [1.82, 2.24) is 4.98 Å². The van der Waals surface area contributed by atoms with Gasteiger partial charge in [-0.2, -0.15) is 0 Å². The molecule has 1 N–H and O–H groups in total. The molecule has 0 bridgehead atoms. The second-order valence-electron chi connectivity index (χ2n) is 4.31. The number of ether oxygens (including phenoxy) is 1. The van der Waals surface area contributed by atoms with Gasteiger partial charge in [-0.25, -0.2) is 9.78 Å². The van der Waals surface area contributed by atoms with Crippen LogP contribution in [0.4, 0.5) is 10.6 Å². The van der Waals surface area contributed by atoms with Crippen molar-refractivity contribution in [2.45, 2.75) is 32.3 Å². The Balaban J connectivity index is 2.56. The fourth-order valence-electron chi connectivity index (χ4n) is 0.986. The lowest BCUT2D eigenvalue weighted by Crippen LogP contribution is -2.27. The summed E-state index contributed by atoms with van der Waals surface area (Å²) in [6.07, 6.45) is 1.10. The van der Waals surface area contributed by atoms with Gasteiger partial charge in [-0.05, 0) is 32.4 Å². The number of pyridine rings is 1. The zero-order chi connectivity index (χ0) is 12.2. The van der Waals surface area contributed by atoms with E-state index < -0.39 is 11.7 Å². The highest BCUT2D eigenvalue weighted by molar-refractivity contribution is 6.17. The maximum atomic E-state index is 11.4. The molecule has 0 atom stereocenters. The number of amides is 1. The summed E-state index contributed by atoms with van der Waals surface area (Å²) >= 11 is 5.62. The largest absolute Gasteiger partial charge is 0.444 e. The molecule has 0 unspecified atom stereocenters. The summed E-state index contributed by atoms with van der Waals surface area (Å²) < 4.78 is 5.08. The number of aromatic nitrogens is 1. The third-order valence-corrected chi connectivity index (χ3v) is 1.92. The van der Waals surface area contributed by atoms with Crippen LogP contribution in [0.3, 0.4) is 0 Å². The Kier molecular flexibility index (Phi) is 4.12. The maximum absolute atomic E-state index is 11.4. The van der Waals surface area contributed by atoms with Crippen LogP contribution in [0.1, 0.15) is 26.3 Å². The topological polar surface area (TPSA) is 51.2 Å². The predicted molar refractivity (Wildman–Crippen MR) is 63.7 cm³/mol. The van der Waals surface area contributed by atoms with E-state index in [0.717, 1.165) is 5.56 Å². The first-order valence-corrected chi connectivity index (χ1v) is 5.45. The molecule has 4 nitrogen and oxygen atoms in total. The Morgan fingerprint density at radius 1 is 1.50 bits per heavy atom. The van der Waals surface area contributed by atoms with Gasteiger partial charge in [-0.3, -0.25) is 5.32 Å². The number of hydrogen-bond acceptors (Lipinski definition) is 3. The molecular weight excluding hydrogens is 228 g/mol. The highest BCUT2D eigenvalue weighted by Crippen LogP contribution is 2.11. The second kappa shape index (κ2) is 5.16. The van der Waals surface area contributed by atoms with Crippen LogP contribution < -0.4 is 5.32 Å². The molecular formula is C11H15ClN2O2. The van der Waals surface area contributed by atoms with Crippen molar-refractivity contribution in [3.63, 3.8) is 0 Å². The SMILES string of the molecule is CC(C)(C)OC(=O)Nc1ccc(CCl)cn1. The number of hydrogen-bond donors (Lipinski definition) is 1. The average molecular weight is 243 g/mol. The summed E-state index contributed by atoms with van der Waals surface area (Å²) in [5.41, 5.74) is 0.386. The van der Waals surface area contributed by atoms with Gasteiger partial charge in [0.15, 0.2) is 0 Å². The summed E-state index contributed by atoms with van der Waals surface area (Å²) in [7, 11) is 0. The second-order valence-corrected chi connectivity index (χ2v) is 4.58. The van der Waals surface area contributed by atoms with Crippen LogP contribution in [0.25, 0.3) is 0 Å². The summed E-state index contributed by atoms with van der Waals surface area (Å²) in [4.78, 5) is 15.4. The number of nitrogens with zero attached hydrogens (tertiary/aromatic N) is 1. The van der Waals surface area contributed by atoms with Crippen molar-refractivity contribution in [2.75, 3.05) is 5.32 Å². The van der Waals surface area contributed by atoms with Gasteiger partial charge in [0.1, 0.15) is 11.4 Å². The minimum absolute atomic E-state index is 0.402. The zero-order valence-electron chi connectivity index (χ0n) is 9.58. The molecule has 0 spiro atoms. The smallest absolute Gasteiger partial charge is 0.413 e. The standard InChI is InChI=1S/C11H15ClN2O2/c1-11(2,3)16-10(15)14-9-5-4-8(6-12)7-13-9/h4-5,7H,6H2,1-3H3,(H,13,14,15). The van der Waals surface area contributed by atoms with E-state index in [1.807, 2.05) is 0 Å². The lowest BCUT2D eigenvalue weighted by molar-refractivity contribution is 0.0635. The first-order chi connectivity index (χ1) is 7.40. The van der Waals surface area contributed by atoms with Crippen LogP contribution in [-0.2, 0) is 10.6 Å². The Bertz CT molecular complexity index is 357. The van der Waals surface area contributed by atoms with Crippen molar-refractivity contribution in [1.29, 1.82) is 0 Å². The Morgan fingerprint density at radius 2 is 2.19 bits per heavy atom. The number of carbonyl (C=O) groups excluding carboxylic acids is 1. The van der Waals surface area contributed by atoms with Gasteiger partial charge in [-0.15, -0.1) is 11.6 Å². The van der Waals surface area contributed by atoms with E-state index >= 15 is 0 Å². The zero-order valence-corrected chi connectivity index (χ0v) is 10.3.